The van der Waals surface area contributed by atoms with E-state index < -0.39 is 11.6 Å². The third-order valence-electron chi connectivity index (χ3n) is 4.00. The highest BCUT2D eigenvalue weighted by atomic mass is 79.9. The van der Waals surface area contributed by atoms with Crippen LogP contribution in [-0.4, -0.2) is 28.4 Å². The summed E-state index contributed by atoms with van der Waals surface area (Å²) >= 11 is 3.46. The van der Waals surface area contributed by atoms with Crippen molar-refractivity contribution in [2.24, 2.45) is 0 Å². The Labute approximate surface area is 129 Å². The summed E-state index contributed by atoms with van der Waals surface area (Å²) in [7, 11) is 0. The first kappa shape index (κ1) is 14.3. The molecule has 1 aromatic carbocycles. The number of hydrogen-bond acceptors (Lipinski definition) is 3. The molecule has 0 saturated carbocycles. The molecule has 0 aliphatic carbocycles. The number of benzene rings is 1. The maximum Gasteiger partial charge on any atom is 0.306 e. The molecule has 0 saturated heterocycles. The van der Waals surface area contributed by atoms with Crippen molar-refractivity contribution in [1.82, 2.24) is 4.98 Å². The number of carbonyl (C=O) groups excluding carboxylic acids is 1. The van der Waals surface area contributed by atoms with E-state index in [1.807, 2.05) is 25.1 Å². The van der Waals surface area contributed by atoms with Crippen LogP contribution in [0.5, 0.6) is 0 Å². The molecule has 5 nitrogen and oxygen atoms in total. The summed E-state index contributed by atoms with van der Waals surface area (Å²) in [5, 5.41) is 9.99. The fourth-order valence-electron chi connectivity index (χ4n) is 2.96. The highest BCUT2D eigenvalue weighted by Gasteiger charge is 2.43. The predicted octanol–water partition coefficient (Wildman–Crippen LogP) is 3.22. The third kappa shape index (κ3) is 2.10. The minimum atomic E-state index is -0.979. The van der Waals surface area contributed by atoms with Crippen LogP contribution in [0.2, 0.25) is 0 Å². The second-order valence-electron chi connectivity index (χ2n) is 5.17. The lowest BCUT2D eigenvalue weighted by Crippen LogP contribution is -2.39. The number of ketones is 1. The van der Waals surface area contributed by atoms with Gasteiger partial charge in [-0.1, -0.05) is 28.9 Å². The Morgan fingerprint density at radius 3 is 2.95 bits per heavy atom. The van der Waals surface area contributed by atoms with Crippen molar-refractivity contribution in [2.75, 3.05) is 6.61 Å². The van der Waals surface area contributed by atoms with Crippen molar-refractivity contribution in [1.29, 1.82) is 0 Å². The Balaban J connectivity index is 2.32. The summed E-state index contributed by atoms with van der Waals surface area (Å²) in [6, 6.07) is 5.60. The molecule has 0 radical (unpaired) electrons. The fraction of sp³-hybridized carbons (Fsp3) is 0.333. The average molecular weight is 352 g/mol. The first-order valence-electron chi connectivity index (χ1n) is 6.68. The van der Waals surface area contributed by atoms with Crippen molar-refractivity contribution >= 4 is 38.6 Å². The number of carboxylic acid groups (broad SMARTS) is 1. The van der Waals surface area contributed by atoms with Gasteiger partial charge >= 0.3 is 5.97 Å². The highest BCUT2D eigenvalue weighted by Crippen LogP contribution is 2.43. The summed E-state index contributed by atoms with van der Waals surface area (Å²) in [6.45, 7) is 1.77. The van der Waals surface area contributed by atoms with Gasteiger partial charge in [0.25, 0.3) is 0 Å². The van der Waals surface area contributed by atoms with Crippen molar-refractivity contribution in [3.63, 3.8) is 0 Å². The molecule has 110 valence electrons. The van der Waals surface area contributed by atoms with Crippen LogP contribution in [0.3, 0.4) is 0 Å². The average Bonchev–Trinajstić information content (AvgIpc) is 2.84. The van der Waals surface area contributed by atoms with Gasteiger partial charge in [-0.15, -0.1) is 0 Å². The molecule has 1 aromatic heterocycles. The molecular formula is C15H14BrNO4. The number of Topliss-reactive ketones (excluding diaryl/α,β-unsaturated/α-hetero) is 1. The summed E-state index contributed by atoms with van der Waals surface area (Å²) in [6.07, 6.45) is 0.304. The van der Waals surface area contributed by atoms with Gasteiger partial charge in [0.05, 0.1) is 17.7 Å². The largest absolute Gasteiger partial charge is 0.481 e. The molecule has 0 fully saturated rings. The third-order valence-corrected chi connectivity index (χ3v) is 4.66. The molecule has 2 aromatic rings. The van der Waals surface area contributed by atoms with Gasteiger partial charge in [0.2, 0.25) is 0 Å². The molecule has 1 atom stereocenters. The number of aliphatic carboxylic acids is 1. The van der Waals surface area contributed by atoms with Gasteiger partial charge in [0.1, 0.15) is 12.2 Å². The first-order valence-corrected chi connectivity index (χ1v) is 7.47. The number of hydrogen-bond donors (Lipinski definition) is 2. The molecule has 21 heavy (non-hydrogen) atoms. The number of halogens is 1. The number of aromatic nitrogens is 1. The van der Waals surface area contributed by atoms with E-state index in [-0.39, 0.29) is 18.8 Å². The summed E-state index contributed by atoms with van der Waals surface area (Å²) in [5.74, 6) is -1.08. The zero-order chi connectivity index (χ0) is 15.2. The monoisotopic (exact) mass is 351 g/mol. The van der Waals surface area contributed by atoms with Crippen LogP contribution in [-0.2, 0) is 15.1 Å². The maximum absolute atomic E-state index is 12.3. The van der Waals surface area contributed by atoms with Crippen LogP contribution in [0.4, 0.5) is 0 Å². The Hall–Kier alpha value is -1.66. The molecule has 1 aliphatic rings. The minimum absolute atomic E-state index is 0.0948. The second kappa shape index (κ2) is 4.96. The lowest BCUT2D eigenvalue weighted by Gasteiger charge is -2.34. The molecule has 2 N–H and O–H groups in total. The smallest absolute Gasteiger partial charge is 0.306 e. The molecular weight excluding hydrogens is 338 g/mol. The van der Waals surface area contributed by atoms with E-state index in [4.69, 9.17) is 4.74 Å². The SMILES string of the molecule is CCC1(CC(=O)O)OCC(=O)c2c1[nH]c1cccc(Br)c21. The van der Waals surface area contributed by atoms with Gasteiger partial charge in [0.15, 0.2) is 5.78 Å². The van der Waals surface area contributed by atoms with E-state index in [1.165, 1.54) is 0 Å². The van der Waals surface area contributed by atoms with E-state index in [0.29, 0.717) is 17.7 Å². The molecule has 3 rings (SSSR count). The summed E-state index contributed by atoms with van der Waals surface area (Å²) in [4.78, 5) is 26.7. The zero-order valence-electron chi connectivity index (χ0n) is 11.4. The van der Waals surface area contributed by atoms with E-state index in [0.717, 1.165) is 15.4 Å². The lowest BCUT2D eigenvalue weighted by molar-refractivity contribution is -0.147. The van der Waals surface area contributed by atoms with Crippen LogP contribution in [0.15, 0.2) is 22.7 Å². The number of carbonyl (C=O) groups is 2. The normalized spacial score (nSPS) is 21.5. The number of H-pyrrole nitrogens is 1. The Bertz CT molecular complexity index is 751. The molecule has 0 bridgehead atoms. The predicted molar refractivity (Wildman–Crippen MR) is 80.5 cm³/mol. The Morgan fingerprint density at radius 2 is 2.29 bits per heavy atom. The van der Waals surface area contributed by atoms with Crippen LogP contribution >= 0.6 is 15.9 Å². The number of nitrogens with one attached hydrogen (secondary N) is 1. The number of ether oxygens (including phenoxy) is 1. The standard InChI is InChI=1S/C15H14BrNO4/c1-2-15(6-11(19)20)14-13(10(18)7-21-15)12-8(16)4-3-5-9(12)17-14/h3-5,17H,2,6-7H2,1H3,(H,19,20). The van der Waals surface area contributed by atoms with Gasteiger partial charge in [-0.05, 0) is 18.6 Å². The van der Waals surface area contributed by atoms with E-state index in [9.17, 15) is 14.7 Å². The topological polar surface area (TPSA) is 79.4 Å². The van der Waals surface area contributed by atoms with Crippen LogP contribution in [0.1, 0.15) is 35.8 Å². The highest BCUT2D eigenvalue weighted by molar-refractivity contribution is 9.10. The molecule has 0 spiro atoms. The fourth-order valence-corrected chi connectivity index (χ4v) is 3.53. The van der Waals surface area contributed by atoms with Crippen molar-refractivity contribution in [3.05, 3.63) is 33.9 Å². The zero-order valence-corrected chi connectivity index (χ0v) is 13.0. The van der Waals surface area contributed by atoms with Crippen molar-refractivity contribution in [2.45, 2.75) is 25.4 Å². The lowest BCUT2D eigenvalue weighted by atomic mass is 9.86. The van der Waals surface area contributed by atoms with Gasteiger partial charge in [-0.25, -0.2) is 0 Å². The molecule has 6 heteroatoms. The number of fused-ring (bicyclic) bond motifs is 3. The van der Waals surface area contributed by atoms with Gasteiger partial charge in [-0.3, -0.25) is 9.59 Å². The Morgan fingerprint density at radius 1 is 1.52 bits per heavy atom. The first-order chi connectivity index (χ1) is 9.98. The quantitative estimate of drug-likeness (QED) is 0.889. The Kier molecular flexibility index (Phi) is 3.37. The van der Waals surface area contributed by atoms with E-state index >= 15 is 0 Å². The molecule has 2 heterocycles. The van der Waals surface area contributed by atoms with Gasteiger partial charge in [0, 0.05) is 15.4 Å². The van der Waals surface area contributed by atoms with E-state index in [2.05, 4.69) is 20.9 Å². The van der Waals surface area contributed by atoms with Crippen LogP contribution in [0.25, 0.3) is 10.9 Å². The van der Waals surface area contributed by atoms with E-state index in [1.54, 1.807) is 0 Å². The maximum atomic E-state index is 12.3. The van der Waals surface area contributed by atoms with Gasteiger partial charge in [-0.2, -0.15) is 0 Å². The minimum Gasteiger partial charge on any atom is -0.481 e. The van der Waals surface area contributed by atoms with Crippen molar-refractivity contribution < 1.29 is 19.4 Å². The second-order valence-corrected chi connectivity index (χ2v) is 6.02. The van der Waals surface area contributed by atoms with Crippen LogP contribution < -0.4 is 0 Å². The molecule has 1 unspecified atom stereocenters. The van der Waals surface area contributed by atoms with Crippen LogP contribution in [0, 0.1) is 0 Å². The summed E-state index contributed by atoms with van der Waals surface area (Å²) < 4.78 is 6.47. The number of rotatable bonds is 3. The molecule has 1 aliphatic heterocycles. The van der Waals surface area contributed by atoms with Gasteiger partial charge < -0.3 is 14.8 Å². The summed E-state index contributed by atoms with van der Waals surface area (Å²) in [5.41, 5.74) is 0.946. The number of aromatic amines is 1. The number of carboxylic acids is 1. The molecule has 0 amide bonds. The van der Waals surface area contributed by atoms with Crippen molar-refractivity contribution in [3.8, 4) is 0 Å².